The Balaban J connectivity index is 2.00. The number of benzene rings is 1. The molecule has 1 amide bonds. The number of aromatic nitrogens is 3. The maximum Gasteiger partial charge on any atom is 0.267 e. The zero-order valence-corrected chi connectivity index (χ0v) is 12.0. The number of nitrogens with zero attached hydrogens (tertiary/aromatic N) is 3. The number of rotatable bonds is 4. The van der Waals surface area contributed by atoms with Crippen LogP contribution in [0.1, 0.15) is 6.92 Å². The molecule has 19 heavy (non-hydrogen) atoms. The first-order valence-corrected chi connectivity index (χ1v) is 6.67. The Hall–Kier alpha value is -1.44. The highest BCUT2D eigenvalue weighted by Crippen LogP contribution is 2.28. The van der Waals surface area contributed by atoms with E-state index in [0.29, 0.717) is 20.9 Å². The summed E-state index contributed by atoms with van der Waals surface area (Å²) in [7, 11) is 0. The van der Waals surface area contributed by atoms with Gasteiger partial charge in [0.05, 0.1) is 5.02 Å². The maximum absolute atomic E-state index is 11.8. The van der Waals surface area contributed by atoms with Crippen molar-refractivity contribution in [3.8, 4) is 5.75 Å². The van der Waals surface area contributed by atoms with Gasteiger partial charge in [-0.15, -0.1) is 0 Å². The van der Waals surface area contributed by atoms with Gasteiger partial charge in [-0.05, 0) is 30.3 Å². The number of hydrogen-bond donors (Lipinski definition) is 1. The second-order valence-electron chi connectivity index (χ2n) is 3.49. The number of anilines is 1. The van der Waals surface area contributed by atoms with Gasteiger partial charge in [-0.25, -0.2) is 0 Å². The third kappa shape index (κ3) is 3.76. The number of amides is 1. The second kappa shape index (κ2) is 6.14. The number of ether oxygens (including phenoxy) is 1. The van der Waals surface area contributed by atoms with Crippen LogP contribution in [-0.4, -0.2) is 26.8 Å². The summed E-state index contributed by atoms with van der Waals surface area (Å²) in [6.07, 6.45) is -0.748. The van der Waals surface area contributed by atoms with E-state index in [-0.39, 0.29) is 5.91 Å². The predicted octanol–water partition coefficient (Wildman–Crippen LogP) is 2.65. The molecule has 0 saturated carbocycles. The van der Waals surface area contributed by atoms with Crippen LogP contribution in [0, 0.1) is 0 Å². The number of hydrogen-bond acceptors (Lipinski definition) is 6. The molecule has 1 aromatic heterocycles. The molecule has 1 unspecified atom stereocenters. The van der Waals surface area contributed by atoms with E-state index in [1.807, 2.05) is 0 Å². The van der Waals surface area contributed by atoms with Gasteiger partial charge in [-0.1, -0.05) is 32.8 Å². The maximum atomic E-state index is 11.8. The van der Waals surface area contributed by atoms with Crippen LogP contribution in [-0.2, 0) is 4.79 Å². The van der Waals surface area contributed by atoms with E-state index in [9.17, 15) is 4.79 Å². The Morgan fingerprint density at radius 1 is 1.47 bits per heavy atom. The summed E-state index contributed by atoms with van der Waals surface area (Å²) in [5.41, 5.74) is 0. The summed E-state index contributed by atoms with van der Waals surface area (Å²) < 4.78 is 8.98. The lowest BCUT2D eigenvalue weighted by Crippen LogP contribution is -2.30. The minimum atomic E-state index is -0.748. The van der Waals surface area contributed by atoms with Crippen LogP contribution >= 0.6 is 34.7 Å². The van der Waals surface area contributed by atoms with Gasteiger partial charge in [0, 0.05) is 16.6 Å². The van der Waals surface area contributed by atoms with Gasteiger partial charge in [0.2, 0.25) is 5.13 Å². The van der Waals surface area contributed by atoms with Gasteiger partial charge in [-0.3, -0.25) is 10.1 Å². The quantitative estimate of drug-likeness (QED) is 0.937. The molecule has 0 spiro atoms. The lowest BCUT2D eigenvalue weighted by Gasteiger charge is -2.14. The van der Waals surface area contributed by atoms with E-state index in [1.54, 1.807) is 19.1 Å². The van der Waals surface area contributed by atoms with E-state index in [1.165, 1.54) is 6.07 Å². The van der Waals surface area contributed by atoms with Crippen LogP contribution in [0.25, 0.3) is 0 Å². The number of halogens is 2. The van der Waals surface area contributed by atoms with Crippen molar-refractivity contribution in [1.29, 1.82) is 0 Å². The van der Waals surface area contributed by atoms with E-state index in [0.717, 1.165) is 11.5 Å². The van der Waals surface area contributed by atoms with Crippen LogP contribution in [0.4, 0.5) is 5.13 Å². The molecule has 0 bridgehead atoms. The molecule has 0 aliphatic heterocycles. The van der Waals surface area contributed by atoms with Gasteiger partial charge in [0.15, 0.2) is 6.10 Å². The predicted molar refractivity (Wildman–Crippen MR) is 72.9 cm³/mol. The molecule has 1 aromatic carbocycles. The highest BCUT2D eigenvalue weighted by Gasteiger charge is 2.17. The van der Waals surface area contributed by atoms with Gasteiger partial charge < -0.3 is 4.74 Å². The van der Waals surface area contributed by atoms with Crippen LogP contribution in [0.5, 0.6) is 5.75 Å². The topological polar surface area (TPSA) is 77.0 Å². The van der Waals surface area contributed by atoms with Gasteiger partial charge >= 0.3 is 0 Å². The molecule has 0 aliphatic rings. The van der Waals surface area contributed by atoms with Gasteiger partial charge in [-0.2, -0.15) is 0 Å². The molecule has 1 N–H and O–H groups in total. The Bertz CT molecular complexity index is 579. The van der Waals surface area contributed by atoms with Crippen LogP contribution in [0.15, 0.2) is 18.2 Å². The molecule has 9 heteroatoms. The van der Waals surface area contributed by atoms with Crippen LogP contribution in [0.2, 0.25) is 10.0 Å². The third-order valence-corrected chi connectivity index (χ3v) is 3.14. The van der Waals surface area contributed by atoms with E-state index >= 15 is 0 Å². The van der Waals surface area contributed by atoms with Crippen molar-refractivity contribution in [1.82, 2.24) is 14.8 Å². The number of nitrogens with one attached hydrogen (secondary N) is 1. The Morgan fingerprint density at radius 2 is 2.26 bits per heavy atom. The lowest BCUT2D eigenvalue weighted by molar-refractivity contribution is -0.122. The highest BCUT2D eigenvalue weighted by molar-refractivity contribution is 7.09. The largest absolute Gasteiger partial charge is 0.479 e. The standard InChI is InChI=1S/C10H8Cl2N4O2S/c1-5(9(17)13-10-14-15-16-19-10)18-8-3-2-6(11)4-7(8)12/h2-5H,1H3,(H,13,14,16,17). The zero-order valence-electron chi connectivity index (χ0n) is 9.63. The fraction of sp³-hybridized carbons (Fsp3) is 0.200. The first kappa shape index (κ1) is 14.0. The molecule has 100 valence electrons. The molecule has 2 aromatic rings. The van der Waals surface area contributed by atoms with E-state index in [2.05, 4.69) is 20.1 Å². The monoisotopic (exact) mass is 318 g/mol. The summed E-state index contributed by atoms with van der Waals surface area (Å²) in [4.78, 5) is 11.8. The van der Waals surface area contributed by atoms with Gasteiger partial charge in [0.25, 0.3) is 5.91 Å². The van der Waals surface area contributed by atoms with Crippen molar-refractivity contribution in [2.75, 3.05) is 5.32 Å². The molecule has 0 saturated heterocycles. The van der Waals surface area contributed by atoms with Crippen molar-refractivity contribution in [3.05, 3.63) is 28.2 Å². The summed E-state index contributed by atoms with van der Waals surface area (Å²) in [6, 6.07) is 4.76. The fourth-order valence-electron chi connectivity index (χ4n) is 1.20. The summed E-state index contributed by atoms with van der Waals surface area (Å²) in [5.74, 6) is 0.00803. The Labute approximate surface area is 122 Å². The lowest BCUT2D eigenvalue weighted by atomic mass is 10.3. The molecule has 0 radical (unpaired) electrons. The number of carbonyl (C=O) groups excluding carboxylic acids is 1. The zero-order chi connectivity index (χ0) is 13.8. The fourth-order valence-corrected chi connectivity index (χ4v) is 2.03. The molecule has 6 nitrogen and oxygen atoms in total. The minimum Gasteiger partial charge on any atom is -0.479 e. The summed E-state index contributed by atoms with van der Waals surface area (Å²) in [5, 5.41) is 10.6. The number of carbonyl (C=O) groups is 1. The molecular formula is C10H8Cl2N4O2S. The van der Waals surface area contributed by atoms with Crippen molar-refractivity contribution in [2.24, 2.45) is 0 Å². The van der Waals surface area contributed by atoms with E-state index < -0.39 is 6.10 Å². The molecule has 1 atom stereocenters. The van der Waals surface area contributed by atoms with Crippen molar-refractivity contribution in [3.63, 3.8) is 0 Å². The van der Waals surface area contributed by atoms with Crippen LogP contribution < -0.4 is 10.1 Å². The van der Waals surface area contributed by atoms with Crippen molar-refractivity contribution in [2.45, 2.75) is 13.0 Å². The summed E-state index contributed by atoms with van der Waals surface area (Å²) in [6.45, 7) is 1.59. The third-order valence-electron chi connectivity index (χ3n) is 2.10. The summed E-state index contributed by atoms with van der Waals surface area (Å²) >= 11 is 12.7. The molecule has 0 aliphatic carbocycles. The van der Waals surface area contributed by atoms with Crippen molar-refractivity contribution < 1.29 is 9.53 Å². The Kier molecular flexibility index (Phi) is 4.52. The molecule has 1 heterocycles. The minimum absolute atomic E-state index is 0.308. The van der Waals surface area contributed by atoms with Crippen LogP contribution in [0.3, 0.4) is 0 Å². The average molecular weight is 319 g/mol. The normalized spacial score (nSPS) is 11.9. The second-order valence-corrected chi connectivity index (χ2v) is 5.07. The van der Waals surface area contributed by atoms with Gasteiger partial charge in [0.1, 0.15) is 5.75 Å². The smallest absolute Gasteiger partial charge is 0.267 e. The Morgan fingerprint density at radius 3 is 2.89 bits per heavy atom. The molecular weight excluding hydrogens is 311 g/mol. The SMILES string of the molecule is CC(Oc1ccc(Cl)cc1Cl)C(=O)Nc1nnns1. The first-order valence-electron chi connectivity index (χ1n) is 5.14. The molecule has 0 fully saturated rings. The molecule has 2 rings (SSSR count). The first-order chi connectivity index (χ1) is 9.06. The highest BCUT2D eigenvalue weighted by atomic mass is 35.5. The van der Waals surface area contributed by atoms with Crippen molar-refractivity contribution >= 4 is 45.8 Å². The van der Waals surface area contributed by atoms with E-state index in [4.69, 9.17) is 27.9 Å². The average Bonchev–Trinajstić information content (AvgIpc) is 2.85.